The van der Waals surface area contributed by atoms with Crippen LogP contribution in [0.5, 0.6) is 0 Å². The molecule has 0 aromatic heterocycles. The van der Waals surface area contributed by atoms with E-state index in [0.717, 1.165) is 23.5 Å². The smallest absolute Gasteiger partial charge is 0.0464 e. The zero-order chi connectivity index (χ0) is 31.7. The summed E-state index contributed by atoms with van der Waals surface area (Å²) in [6.45, 7) is 4.31. The van der Waals surface area contributed by atoms with Crippen LogP contribution in [0.3, 0.4) is 0 Å². The molecule has 0 fully saturated rings. The third-order valence-electron chi connectivity index (χ3n) is 9.53. The second-order valence-corrected chi connectivity index (χ2v) is 12.8. The first-order valence-corrected chi connectivity index (χ1v) is 16.5. The molecule has 0 amide bonds. The number of hydrogen-bond acceptors (Lipinski definition) is 1. The van der Waals surface area contributed by atoms with E-state index in [1.165, 1.54) is 61.2 Å². The number of rotatable bonds is 6. The minimum atomic E-state index is 0.303. The van der Waals surface area contributed by atoms with Gasteiger partial charge in [-0.15, -0.1) is 0 Å². The number of nitrogens with zero attached hydrogens (tertiary/aromatic N) is 1. The predicted octanol–water partition coefficient (Wildman–Crippen LogP) is 12.5. The van der Waals surface area contributed by atoms with Gasteiger partial charge in [0.25, 0.3) is 0 Å². The fraction of sp³-hybridized carbons (Fsp3) is 0.0870. The molecule has 1 aliphatic carbocycles. The Hall–Kier alpha value is -5.66. The number of benzene rings is 7. The van der Waals surface area contributed by atoms with Crippen LogP contribution in [0.25, 0.3) is 33.4 Å². The molecule has 0 spiro atoms. The maximum absolute atomic E-state index is 2.41. The van der Waals surface area contributed by atoms with Gasteiger partial charge in [0.15, 0.2) is 0 Å². The number of fused-ring (bicyclic) bond motifs is 3. The van der Waals surface area contributed by atoms with Crippen molar-refractivity contribution in [2.45, 2.75) is 26.2 Å². The van der Waals surface area contributed by atoms with Gasteiger partial charge in [0.1, 0.15) is 0 Å². The summed E-state index contributed by atoms with van der Waals surface area (Å²) >= 11 is 0. The molecular weight excluding hydrogens is 567 g/mol. The van der Waals surface area contributed by atoms with Crippen LogP contribution in [0.2, 0.25) is 0 Å². The molecule has 1 atom stereocenters. The summed E-state index contributed by atoms with van der Waals surface area (Å²) in [6.07, 6.45) is 1.00. The van der Waals surface area contributed by atoms with Gasteiger partial charge in [0.05, 0.1) is 0 Å². The molecular formula is C46H37N. The largest absolute Gasteiger partial charge is 0.310 e. The molecule has 0 saturated heterocycles. The molecule has 226 valence electrons. The topological polar surface area (TPSA) is 3.24 Å². The van der Waals surface area contributed by atoms with Gasteiger partial charge >= 0.3 is 0 Å². The van der Waals surface area contributed by atoms with Gasteiger partial charge in [-0.1, -0.05) is 127 Å². The van der Waals surface area contributed by atoms with E-state index in [4.69, 9.17) is 0 Å². The van der Waals surface area contributed by atoms with Crippen molar-refractivity contribution >= 4 is 17.1 Å². The first-order valence-electron chi connectivity index (χ1n) is 16.5. The zero-order valence-electron chi connectivity index (χ0n) is 26.9. The second kappa shape index (κ2) is 12.3. The lowest BCUT2D eigenvalue weighted by Crippen LogP contribution is -2.13. The molecule has 0 heterocycles. The molecule has 0 aliphatic heterocycles. The van der Waals surface area contributed by atoms with Gasteiger partial charge in [-0.2, -0.15) is 0 Å². The highest BCUT2D eigenvalue weighted by Crippen LogP contribution is 2.45. The molecule has 0 bridgehead atoms. The first-order chi connectivity index (χ1) is 23.1. The van der Waals surface area contributed by atoms with E-state index in [2.05, 4.69) is 189 Å². The summed E-state index contributed by atoms with van der Waals surface area (Å²) in [6, 6.07) is 62.4. The van der Waals surface area contributed by atoms with Crippen molar-refractivity contribution in [3.63, 3.8) is 0 Å². The number of anilines is 3. The Kier molecular flexibility index (Phi) is 7.51. The van der Waals surface area contributed by atoms with Crippen molar-refractivity contribution in [3.8, 4) is 33.4 Å². The SMILES string of the molecule is Cc1cccc(N(c2ccc(-c3ccc4c(c3)-c3ccccc3CC4c3cccc(-c4ccccc4)c3)cc2)c2cccc(C)c2)c1. The maximum atomic E-state index is 2.41. The lowest BCUT2D eigenvalue weighted by atomic mass is 9.74. The van der Waals surface area contributed by atoms with Crippen molar-refractivity contribution < 1.29 is 0 Å². The van der Waals surface area contributed by atoms with Crippen LogP contribution in [-0.4, -0.2) is 0 Å². The highest BCUT2D eigenvalue weighted by Gasteiger charge is 2.26. The molecule has 0 radical (unpaired) electrons. The Morgan fingerprint density at radius 2 is 1.02 bits per heavy atom. The van der Waals surface area contributed by atoms with E-state index >= 15 is 0 Å². The number of aryl methyl sites for hydroxylation is 2. The fourth-order valence-corrected chi connectivity index (χ4v) is 7.21. The molecule has 7 aromatic carbocycles. The van der Waals surface area contributed by atoms with Crippen molar-refractivity contribution in [1.29, 1.82) is 0 Å². The van der Waals surface area contributed by atoms with Crippen molar-refractivity contribution in [3.05, 3.63) is 198 Å². The van der Waals surface area contributed by atoms with Gasteiger partial charge in [-0.25, -0.2) is 0 Å². The summed E-state index contributed by atoms with van der Waals surface area (Å²) in [5.41, 5.74) is 17.8. The molecule has 7 aromatic rings. The minimum absolute atomic E-state index is 0.303. The normalized spacial score (nSPS) is 13.4. The van der Waals surface area contributed by atoms with Crippen LogP contribution < -0.4 is 4.90 Å². The summed E-state index contributed by atoms with van der Waals surface area (Å²) in [4.78, 5) is 2.35. The molecule has 0 N–H and O–H groups in total. The summed E-state index contributed by atoms with van der Waals surface area (Å²) in [5.74, 6) is 0.303. The maximum Gasteiger partial charge on any atom is 0.0464 e. The van der Waals surface area contributed by atoms with Gasteiger partial charge in [0, 0.05) is 23.0 Å². The highest BCUT2D eigenvalue weighted by molar-refractivity contribution is 5.83. The lowest BCUT2D eigenvalue weighted by molar-refractivity contribution is 0.794. The van der Waals surface area contributed by atoms with Crippen molar-refractivity contribution in [2.75, 3.05) is 4.90 Å². The Morgan fingerprint density at radius 3 is 1.74 bits per heavy atom. The summed E-state index contributed by atoms with van der Waals surface area (Å²) < 4.78 is 0. The fourth-order valence-electron chi connectivity index (χ4n) is 7.21. The van der Waals surface area contributed by atoms with Crippen LogP contribution in [0, 0.1) is 13.8 Å². The van der Waals surface area contributed by atoms with E-state index in [1.54, 1.807) is 0 Å². The zero-order valence-corrected chi connectivity index (χ0v) is 26.9. The highest BCUT2D eigenvalue weighted by atomic mass is 15.1. The molecule has 1 unspecified atom stereocenters. The van der Waals surface area contributed by atoms with Gasteiger partial charge in [0.2, 0.25) is 0 Å². The summed E-state index contributed by atoms with van der Waals surface area (Å²) in [7, 11) is 0. The average Bonchev–Trinajstić information content (AvgIpc) is 3.12. The van der Waals surface area contributed by atoms with E-state index in [9.17, 15) is 0 Å². The Labute approximate surface area is 278 Å². The Balaban J connectivity index is 1.18. The van der Waals surface area contributed by atoms with Crippen molar-refractivity contribution in [2.24, 2.45) is 0 Å². The monoisotopic (exact) mass is 603 g/mol. The van der Waals surface area contributed by atoms with Crippen LogP contribution in [-0.2, 0) is 6.42 Å². The van der Waals surface area contributed by atoms with Crippen molar-refractivity contribution in [1.82, 2.24) is 0 Å². The minimum Gasteiger partial charge on any atom is -0.310 e. The van der Waals surface area contributed by atoms with Gasteiger partial charge in [-0.05, 0) is 124 Å². The quantitative estimate of drug-likeness (QED) is 0.183. The number of hydrogen-bond donors (Lipinski definition) is 0. The molecule has 47 heavy (non-hydrogen) atoms. The van der Waals surface area contributed by atoms with E-state index in [0.29, 0.717) is 5.92 Å². The van der Waals surface area contributed by atoms with E-state index in [-0.39, 0.29) is 0 Å². The average molecular weight is 604 g/mol. The molecule has 1 nitrogen and oxygen atoms in total. The first kappa shape index (κ1) is 28.8. The van der Waals surface area contributed by atoms with Crippen LogP contribution in [0.15, 0.2) is 170 Å². The standard InChI is InChI=1S/C46H37N/c1-32-11-8-18-41(27-32)47(42-19-9-12-33(2)28-42)40-24-21-35(22-25-40)37-23-26-44-45(31-39-15-6-7-20-43(39)46(44)30-37)38-17-10-16-36(29-38)34-13-4-3-5-14-34/h3-30,45H,31H2,1-2H3. The lowest BCUT2D eigenvalue weighted by Gasteiger charge is -2.29. The molecule has 1 heteroatoms. The van der Waals surface area contributed by atoms with E-state index in [1.807, 2.05) is 0 Å². The molecule has 8 rings (SSSR count). The van der Waals surface area contributed by atoms with Gasteiger partial charge < -0.3 is 4.90 Å². The Bertz CT molecular complexity index is 2150. The second-order valence-electron chi connectivity index (χ2n) is 12.8. The predicted molar refractivity (Wildman–Crippen MR) is 199 cm³/mol. The van der Waals surface area contributed by atoms with Crippen LogP contribution in [0.4, 0.5) is 17.1 Å². The summed E-state index contributed by atoms with van der Waals surface area (Å²) in [5, 5.41) is 0. The third-order valence-corrected chi connectivity index (χ3v) is 9.53. The van der Waals surface area contributed by atoms with E-state index < -0.39 is 0 Å². The van der Waals surface area contributed by atoms with Crippen LogP contribution in [0.1, 0.15) is 33.7 Å². The Morgan fingerprint density at radius 1 is 0.426 bits per heavy atom. The molecule has 0 saturated carbocycles. The molecule has 1 aliphatic rings. The third kappa shape index (κ3) is 5.66. The van der Waals surface area contributed by atoms with Gasteiger partial charge in [-0.3, -0.25) is 0 Å². The van der Waals surface area contributed by atoms with Crippen LogP contribution >= 0.6 is 0 Å².